The highest BCUT2D eigenvalue weighted by Crippen LogP contribution is 2.19. The molecule has 2 atom stereocenters. The van der Waals surface area contributed by atoms with Gasteiger partial charge in [-0.3, -0.25) is 0 Å². The second kappa shape index (κ2) is 6.72. The molecular weight excluding hydrogens is 210 g/mol. The Morgan fingerprint density at radius 3 is 2.41 bits per heavy atom. The van der Waals surface area contributed by atoms with Crippen LogP contribution in [0.1, 0.15) is 39.0 Å². The van der Waals surface area contributed by atoms with Crippen molar-refractivity contribution in [1.29, 1.82) is 0 Å². The van der Waals surface area contributed by atoms with Crippen molar-refractivity contribution in [1.82, 2.24) is 9.80 Å². The molecule has 3 nitrogen and oxygen atoms in total. The van der Waals surface area contributed by atoms with Gasteiger partial charge in [0.1, 0.15) is 0 Å². The van der Waals surface area contributed by atoms with Gasteiger partial charge < -0.3 is 15.5 Å². The van der Waals surface area contributed by atoms with Crippen molar-refractivity contribution in [2.45, 2.75) is 45.1 Å². The number of nitrogens with two attached hydrogens (primary N) is 1. The molecule has 0 bridgehead atoms. The summed E-state index contributed by atoms with van der Waals surface area (Å²) < 4.78 is 0. The van der Waals surface area contributed by atoms with Gasteiger partial charge in [-0.15, -0.1) is 0 Å². The van der Waals surface area contributed by atoms with Gasteiger partial charge in [0.25, 0.3) is 0 Å². The molecule has 2 N–H and O–H groups in total. The molecule has 2 saturated heterocycles. The minimum Gasteiger partial charge on any atom is -0.328 e. The van der Waals surface area contributed by atoms with E-state index in [1.165, 1.54) is 71.4 Å². The molecule has 0 saturated carbocycles. The van der Waals surface area contributed by atoms with Crippen LogP contribution in [0.4, 0.5) is 0 Å². The monoisotopic (exact) mass is 239 g/mol. The number of hydrogen-bond acceptors (Lipinski definition) is 3. The maximum Gasteiger partial charge on any atom is 0.00509 e. The van der Waals surface area contributed by atoms with E-state index < -0.39 is 0 Å². The molecule has 17 heavy (non-hydrogen) atoms. The van der Waals surface area contributed by atoms with Gasteiger partial charge in [0.15, 0.2) is 0 Å². The first-order valence-corrected chi connectivity index (χ1v) is 7.46. The molecule has 2 unspecified atom stereocenters. The van der Waals surface area contributed by atoms with Gasteiger partial charge in [-0.2, -0.15) is 0 Å². The fourth-order valence-corrected chi connectivity index (χ4v) is 3.25. The maximum atomic E-state index is 6.02. The SMILES string of the molecule is CC(N)C1CCCN(CCCN2CCCC2)C1. The van der Waals surface area contributed by atoms with Crippen LogP contribution in [0.25, 0.3) is 0 Å². The Balaban J connectivity index is 1.61. The third-order valence-corrected chi connectivity index (χ3v) is 4.43. The number of hydrogen-bond donors (Lipinski definition) is 1. The van der Waals surface area contributed by atoms with Gasteiger partial charge in [0, 0.05) is 12.6 Å². The number of nitrogens with zero attached hydrogens (tertiary/aromatic N) is 2. The topological polar surface area (TPSA) is 32.5 Å². The van der Waals surface area contributed by atoms with E-state index in [1.54, 1.807) is 0 Å². The van der Waals surface area contributed by atoms with Gasteiger partial charge in [0.05, 0.1) is 0 Å². The standard InChI is InChI=1S/C14H29N3/c1-13(15)14-6-4-9-17(12-14)11-5-10-16-7-2-3-8-16/h13-14H,2-12,15H2,1H3. The van der Waals surface area contributed by atoms with Gasteiger partial charge in [0.2, 0.25) is 0 Å². The van der Waals surface area contributed by atoms with Crippen LogP contribution in [0.15, 0.2) is 0 Å². The van der Waals surface area contributed by atoms with Gasteiger partial charge in [-0.05, 0) is 77.7 Å². The Labute approximate surface area is 106 Å². The van der Waals surface area contributed by atoms with Gasteiger partial charge in [-0.25, -0.2) is 0 Å². The molecular formula is C14H29N3. The quantitative estimate of drug-likeness (QED) is 0.790. The van der Waals surface area contributed by atoms with E-state index >= 15 is 0 Å². The lowest BCUT2D eigenvalue weighted by Crippen LogP contribution is -2.43. The van der Waals surface area contributed by atoms with Crippen molar-refractivity contribution in [2.24, 2.45) is 11.7 Å². The summed E-state index contributed by atoms with van der Waals surface area (Å²) in [5.74, 6) is 0.732. The summed E-state index contributed by atoms with van der Waals surface area (Å²) in [6, 6.07) is 0.372. The molecule has 100 valence electrons. The predicted molar refractivity (Wildman–Crippen MR) is 73.1 cm³/mol. The van der Waals surface area contributed by atoms with Crippen molar-refractivity contribution < 1.29 is 0 Å². The molecule has 2 fully saturated rings. The summed E-state index contributed by atoms with van der Waals surface area (Å²) in [6.45, 7) is 9.95. The fourth-order valence-electron chi connectivity index (χ4n) is 3.25. The lowest BCUT2D eigenvalue weighted by atomic mass is 9.92. The summed E-state index contributed by atoms with van der Waals surface area (Å²) in [6.07, 6.45) is 6.84. The predicted octanol–water partition coefficient (Wildman–Crippen LogP) is 1.53. The molecule has 2 aliphatic rings. The zero-order valence-corrected chi connectivity index (χ0v) is 11.4. The summed E-state index contributed by atoms with van der Waals surface area (Å²) in [4.78, 5) is 5.25. The smallest absolute Gasteiger partial charge is 0.00509 e. The zero-order chi connectivity index (χ0) is 12.1. The Morgan fingerprint density at radius 1 is 1.06 bits per heavy atom. The van der Waals surface area contributed by atoms with E-state index in [0.29, 0.717) is 6.04 Å². The van der Waals surface area contributed by atoms with E-state index in [1.807, 2.05) is 0 Å². The highest BCUT2D eigenvalue weighted by molar-refractivity contribution is 4.78. The fraction of sp³-hybridized carbons (Fsp3) is 1.00. The first-order valence-electron chi connectivity index (χ1n) is 7.46. The molecule has 0 aromatic heterocycles. The number of piperidine rings is 1. The molecule has 0 aliphatic carbocycles. The van der Waals surface area contributed by atoms with Crippen LogP contribution in [0, 0.1) is 5.92 Å². The average Bonchev–Trinajstić information content (AvgIpc) is 2.82. The number of rotatable bonds is 5. The summed E-state index contributed by atoms with van der Waals surface area (Å²) in [5, 5.41) is 0. The van der Waals surface area contributed by atoms with Crippen LogP contribution in [-0.4, -0.2) is 55.1 Å². The zero-order valence-electron chi connectivity index (χ0n) is 11.4. The highest BCUT2D eigenvalue weighted by atomic mass is 15.2. The van der Waals surface area contributed by atoms with E-state index in [9.17, 15) is 0 Å². The first-order chi connectivity index (χ1) is 8.25. The lowest BCUT2D eigenvalue weighted by Gasteiger charge is -2.34. The Bertz CT molecular complexity index is 212. The minimum absolute atomic E-state index is 0.372. The van der Waals surface area contributed by atoms with Gasteiger partial charge >= 0.3 is 0 Å². The normalized spacial score (nSPS) is 29.6. The van der Waals surface area contributed by atoms with Crippen LogP contribution >= 0.6 is 0 Å². The van der Waals surface area contributed by atoms with E-state index in [4.69, 9.17) is 5.73 Å². The third kappa shape index (κ3) is 4.23. The second-order valence-electron chi connectivity index (χ2n) is 5.96. The molecule has 0 spiro atoms. The average molecular weight is 239 g/mol. The van der Waals surface area contributed by atoms with Crippen LogP contribution in [0.3, 0.4) is 0 Å². The molecule has 0 aromatic rings. The molecule has 0 aromatic carbocycles. The Morgan fingerprint density at radius 2 is 1.71 bits per heavy atom. The summed E-state index contributed by atoms with van der Waals surface area (Å²) in [7, 11) is 0. The van der Waals surface area contributed by atoms with Crippen molar-refractivity contribution in [2.75, 3.05) is 39.3 Å². The van der Waals surface area contributed by atoms with Crippen LogP contribution < -0.4 is 5.73 Å². The van der Waals surface area contributed by atoms with E-state index in [2.05, 4.69) is 16.7 Å². The van der Waals surface area contributed by atoms with E-state index in [0.717, 1.165) is 5.92 Å². The van der Waals surface area contributed by atoms with Crippen molar-refractivity contribution in [3.05, 3.63) is 0 Å². The molecule has 0 radical (unpaired) electrons. The third-order valence-electron chi connectivity index (χ3n) is 4.43. The van der Waals surface area contributed by atoms with Crippen molar-refractivity contribution >= 4 is 0 Å². The highest BCUT2D eigenvalue weighted by Gasteiger charge is 2.22. The van der Waals surface area contributed by atoms with Crippen molar-refractivity contribution in [3.8, 4) is 0 Å². The van der Waals surface area contributed by atoms with Crippen LogP contribution in [0.5, 0.6) is 0 Å². The lowest BCUT2D eigenvalue weighted by molar-refractivity contribution is 0.154. The van der Waals surface area contributed by atoms with Crippen LogP contribution in [0.2, 0.25) is 0 Å². The summed E-state index contributed by atoms with van der Waals surface area (Å²) >= 11 is 0. The van der Waals surface area contributed by atoms with Crippen LogP contribution in [-0.2, 0) is 0 Å². The molecule has 2 heterocycles. The maximum absolute atomic E-state index is 6.02. The Kier molecular flexibility index (Phi) is 5.26. The largest absolute Gasteiger partial charge is 0.328 e. The molecule has 2 aliphatic heterocycles. The minimum atomic E-state index is 0.372. The molecule has 0 amide bonds. The second-order valence-corrected chi connectivity index (χ2v) is 5.96. The van der Waals surface area contributed by atoms with E-state index in [-0.39, 0.29) is 0 Å². The molecule has 2 rings (SSSR count). The number of likely N-dealkylation sites (tertiary alicyclic amines) is 2. The van der Waals surface area contributed by atoms with Crippen molar-refractivity contribution in [3.63, 3.8) is 0 Å². The molecule has 3 heteroatoms. The summed E-state index contributed by atoms with van der Waals surface area (Å²) in [5.41, 5.74) is 6.02. The first kappa shape index (κ1) is 13.3. The Hall–Kier alpha value is -0.120. The van der Waals surface area contributed by atoms with Gasteiger partial charge in [-0.1, -0.05) is 0 Å².